The number of amides is 1. The lowest BCUT2D eigenvalue weighted by Gasteiger charge is -2.10. The molecule has 0 saturated heterocycles. The molecule has 2 aromatic heterocycles. The van der Waals surface area contributed by atoms with E-state index in [9.17, 15) is 9.59 Å². The molecule has 0 radical (unpaired) electrons. The van der Waals surface area contributed by atoms with Crippen LogP contribution in [0.15, 0.2) is 11.4 Å². The van der Waals surface area contributed by atoms with E-state index in [1.165, 1.54) is 0 Å². The summed E-state index contributed by atoms with van der Waals surface area (Å²) < 4.78 is 6.36. The smallest absolute Gasteiger partial charge is 0.396 e. The highest BCUT2D eigenvalue weighted by Gasteiger charge is 2.16. The van der Waals surface area contributed by atoms with Crippen LogP contribution in [0, 0.1) is 0 Å². The summed E-state index contributed by atoms with van der Waals surface area (Å²) in [5.41, 5.74) is 0.692. The fourth-order valence-electron chi connectivity index (χ4n) is 2.28. The molecule has 0 aliphatic rings. The van der Waals surface area contributed by atoms with Gasteiger partial charge in [0.25, 0.3) is 0 Å². The molecule has 2 aromatic rings. The molecule has 2 N–H and O–H groups in total. The number of anilines is 1. The molecule has 10 heteroatoms. The summed E-state index contributed by atoms with van der Waals surface area (Å²) in [6.07, 6.45) is 2.69. The maximum absolute atomic E-state index is 11.6. The third-order valence-corrected chi connectivity index (χ3v) is 4.29. The fraction of sp³-hybridized carbons (Fsp3) is 0.588. The Balaban J connectivity index is 2.16. The van der Waals surface area contributed by atoms with E-state index in [1.54, 1.807) is 29.6 Å². The van der Waals surface area contributed by atoms with E-state index >= 15 is 0 Å². The highest BCUT2D eigenvalue weighted by molar-refractivity contribution is 7.99. The highest BCUT2D eigenvalue weighted by Crippen LogP contribution is 2.26. The van der Waals surface area contributed by atoms with Crippen molar-refractivity contribution in [1.82, 2.24) is 25.1 Å². The molecule has 2 heterocycles. The standard InChI is InChI=1S/C17H26N6O3S/c1-5-7-18-13-12-10-20-23(9-8-19-15(24)16(25)26-6-2)14(12)22-17(21-13)27-11(3)4/h10-11H,5-9H2,1-4H3,(H,19,24)(H,18,21,22). The van der Waals surface area contributed by atoms with Crippen LogP contribution in [0.5, 0.6) is 0 Å². The first kappa shape index (κ1) is 20.9. The van der Waals surface area contributed by atoms with Crippen LogP contribution in [0.25, 0.3) is 11.0 Å². The van der Waals surface area contributed by atoms with Crippen LogP contribution in [-0.4, -0.2) is 56.6 Å². The minimum atomic E-state index is -0.883. The zero-order chi connectivity index (χ0) is 19.8. The fourth-order valence-corrected chi connectivity index (χ4v) is 2.99. The van der Waals surface area contributed by atoms with Crippen molar-refractivity contribution in [2.45, 2.75) is 51.1 Å². The van der Waals surface area contributed by atoms with Crippen molar-refractivity contribution in [3.05, 3.63) is 6.20 Å². The quantitative estimate of drug-likeness (QED) is 0.287. The first-order valence-corrected chi connectivity index (χ1v) is 9.93. The Morgan fingerprint density at radius 1 is 1.26 bits per heavy atom. The van der Waals surface area contributed by atoms with E-state index in [0.717, 1.165) is 24.2 Å². The second-order valence-corrected chi connectivity index (χ2v) is 7.57. The Hall–Kier alpha value is -2.36. The number of thioether (sulfide) groups is 1. The molecule has 2 rings (SSSR count). The maximum Gasteiger partial charge on any atom is 0.396 e. The Morgan fingerprint density at radius 2 is 2.04 bits per heavy atom. The van der Waals surface area contributed by atoms with E-state index in [4.69, 9.17) is 0 Å². The highest BCUT2D eigenvalue weighted by atomic mass is 32.2. The molecule has 0 aromatic carbocycles. The van der Waals surface area contributed by atoms with Gasteiger partial charge < -0.3 is 15.4 Å². The van der Waals surface area contributed by atoms with Crippen LogP contribution in [-0.2, 0) is 20.9 Å². The first-order valence-electron chi connectivity index (χ1n) is 9.05. The lowest BCUT2D eigenvalue weighted by molar-refractivity contribution is -0.154. The van der Waals surface area contributed by atoms with Gasteiger partial charge in [-0.25, -0.2) is 19.4 Å². The third kappa shape index (κ3) is 5.81. The molecular formula is C17H26N6O3S. The van der Waals surface area contributed by atoms with Crippen LogP contribution >= 0.6 is 11.8 Å². The van der Waals surface area contributed by atoms with Crippen LogP contribution in [0.2, 0.25) is 0 Å². The number of hydrogen-bond acceptors (Lipinski definition) is 8. The summed E-state index contributed by atoms with van der Waals surface area (Å²) in [5.74, 6) is -0.886. The third-order valence-electron chi connectivity index (χ3n) is 3.43. The van der Waals surface area contributed by atoms with Crippen molar-refractivity contribution in [2.75, 3.05) is 25.0 Å². The van der Waals surface area contributed by atoms with Crippen molar-refractivity contribution in [3.8, 4) is 0 Å². The summed E-state index contributed by atoms with van der Waals surface area (Å²) >= 11 is 1.58. The molecular weight excluding hydrogens is 368 g/mol. The monoisotopic (exact) mass is 394 g/mol. The zero-order valence-electron chi connectivity index (χ0n) is 16.1. The Bertz CT molecular complexity index is 792. The van der Waals surface area contributed by atoms with Crippen molar-refractivity contribution >= 4 is 40.5 Å². The Labute approximate surface area is 162 Å². The van der Waals surface area contributed by atoms with Gasteiger partial charge in [-0.15, -0.1) is 0 Å². The van der Waals surface area contributed by atoms with Gasteiger partial charge in [0.05, 0.1) is 24.7 Å². The maximum atomic E-state index is 11.6. The van der Waals surface area contributed by atoms with Gasteiger partial charge in [0.1, 0.15) is 5.82 Å². The molecule has 0 fully saturated rings. The van der Waals surface area contributed by atoms with Crippen molar-refractivity contribution in [1.29, 1.82) is 0 Å². The molecule has 148 valence electrons. The molecule has 9 nitrogen and oxygen atoms in total. The molecule has 0 spiro atoms. The molecule has 0 unspecified atom stereocenters. The zero-order valence-corrected chi connectivity index (χ0v) is 16.9. The van der Waals surface area contributed by atoms with Gasteiger partial charge in [-0.3, -0.25) is 4.79 Å². The second-order valence-electron chi connectivity index (χ2n) is 6.03. The number of nitrogens with one attached hydrogen (secondary N) is 2. The number of carbonyl (C=O) groups is 2. The SMILES string of the molecule is CCCNc1nc(SC(C)C)nc2c1cnn2CCNC(=O)C(=O)OCC. The van der Waals surface area contributed by atoms with Gasteiger partial charge >= 0.3 is 11.9 Å². The molecule has 0 bridgehead atoms. The molecule has 27 heavy (non-hydrogen) atoms. The minimum Gasteiger partial charge on any atom is -0.459 e. The average Bonchev–Trinajstić information content (AvgIpc) is 3.02. The summed E-state index contributed by atoms with van der Waals surface area (Å²) in [7, 11) is 0. The predicted molar refractivity (Wildman–Crippen MR) is 105 cm³/mol. The number of rotatable bonds is 9. The number of hydrogen-bond donors (Lipinski definition) is 2. The van der Waals surface area contributed by atoms with E-state index in [0.29, 0.717) is 22.6 Å². The van der Waals surface area contributed by atoms with E-state index < -0.39 is 11.9 Å². The van der Waals surface area contributed by atoms with Gasteiger partial charge in [-0.05, 0) is 13.3 Å². The molecule has 0 aliphatic heterocycles. The lowest BCUT2D eigenvalue weighted by atomic mass is 10.3. The van der Waals surface area contributed by atoms with Crippen molar-refractivity contribution in [2.24, 2.45) is 0 Å². The van der Waals surface area contributed by atoms with Gasteiger partial charge in [0.15, 0.2) is 10.8 Å². The predicted octanol–water partition coefficient (Wildman–Crippen LogP) is 1.83. The summed E-state index contributed by atoms with van der Waals surface area (Å²) in [6, 6.07) is 0. The van der Waals surface area contributed by atoms with Gasteiger partial charge in [0, 0.05) is 18.3 Å². The average molecular weight is 395 g/mol. The molecule has 0 atom stereocenters. The number of ether oxygens (including phenoxy) is 1. The summed E-state index contributed by atoms with van der Waals surface area (Å²) in [4.78, 5) is 32.2. The summed E-state index contributed by atoms with van der Waals surface area (Å²) in [6.45, 7) is 9.49. The summed E-state index contributed by atoms with van der Waals surface area (Å²) in [5, 5.41) is 12.1. The Morgan fingerprint density at radius 3 is 2.70 bits per heavy atom. The van der Waals surface area contributed by atoms with Crippen LogP contribution in [0.3, 0.4) is 0 Å². The lowest BCUT2D eigenvalue weighted by Crippen LogP contribution is -2.34. The topological polar surface area (TPSA) is 111 Å². The van der Waals surface area contributed by atoms with E-state index in [1.807, 2.05) is 0 Å². The molecule has 1 amide bonds. The van der Waals surface area contributed by atoms with Gasteiger partial charge in [-0.2, -0.15) is 5.10 Å². The van der Waals surface area contributed by atoms with Crippen molar-refractivity contribution in [3.63, 3.8) is 0 Å². The normalized spacial score (nSPS) is 11.0. The molecule has 0 aliphatic carbocycles. The van der Waals surface area contributed by atoms with E-state index in [2.05, 4.69) is 51.2 Å². The number of carbonyl (C=O) groups excluding carboxylic acids is 2. The van der Waals surface area contributed by atoms with Crippen LogP contribution < -0.4 is 10.6 Å². The van der Waals surface area contributed by atoms with Crippen LogP contribution in [0.4, 0.5) is 5.82 Å². The van der Waals surface area contributed by atoms with E-state index in [-0.39, 0.29) is 13.2 Å². The van der Waals surface area contributed by atoms with Crippen LogP contribution in [0.1, 0.15) is 34.1 Å². The number of aromatic nitrogens is 4. The number of fused-ring (bicyclic) bond motifs is 1. The second kappa shape index (κ2) is 10.1. The number of esters is 1. The Kier molecular flexibility index (Phi) is 7.83. The minimum absolute atomic E-state index is 0.163. The van der Waals surface area contributed by atoms with Gasteiger partial charge in [-0.1, -0.05) is 32.5 Å². The molecule has 0 saturated carbocycles. The largest absolute Gasteiger partial charge is 0.459 e. The van der Waals surface area contributed by atoms with Crippen molar-refractivity contribution < 1.29 is 14.3 Å². The first-order chi connectivity index (χ1) is 13.0. The van der Waals surface area contributed by atoms with Gasteiger partial charge in [0.2, 0.25) is 0 Å². The number of nitrogens with zero attached hydrogens (tertiary/aromatic N) is 4.